The Kier molecular flexibility index (Phi) is 52.5. The smallest absolute Gasteiger partial charge is 0.303 e. The van der Waals surface area contributed by atoms with Gasteiger partial charge in [-0.15, -0.1) is 0 Å². The number of nitrogens with zero attached hydrogens (tertiary/aromatic N) is 5. The van der Waals surface area contributed by atoms with Gasteiger partial charge < -0.3 is 64.8 Å². The van der Waals surface area contributed by atoms with Gasteiger partial charge in [-0.05, 0) is 40.0 Å². The first-order valence-corrected chi connectivity index (χ1v) is 22.1. The van der Waals surface area contributed by atoms with Crippen molar-refractivity contribution in [3.8, 4) is 0 Å². The fourth-order valence-corrected chi connectivity index (χ4v) is 5.37. The van der Waals surface area contributed by atoms with Crippen LogP contribution in [0.2, 0.25) is 0 Å². The van der Waals surface area contributed by atoms with E-state index in [9.17, 15) is 9.59 Å². The molecule has 0 atom stereocenters. The average molecular weight is 858 g/mol. The number of halogens is 1. The molecule has 0 saturated heterocycles. The van der Waals surface area contributed by atoms with Crippen molar-refractivity contribution in [3.05, 3.63) is 0 Å². The van der Waals surface area contributed by atoms with E-state index in [0.29, 0.717) is 26.1 Å². The van der Waals surface area contributed by atoms with Gasteiger partial charge in [0.15, 0.2) is 0 Å². The summed E-state index contributed by atoms with van der Waals surface area (Å²) in [6.45, 7) is 29.2. The quantitative estimate of drug-likeness (QED) is 0.0208. The number of hydrogen-bond donors (Lipinski definition) is 12. The molecule has 0 rings (SSSR count). The van der Waals surface area contributed by atoms with Crippen LogP contribution in [0.1, 0.15) is 26.7 Å². The zero-order valence-corrected chi connectivity index (χ0v) is 38.6. The molecule has 20 heteroatoms. The van der Waals surface area contributed by atoms with Crippen LogP contribution in [-0.4, -0.2) is 252 Å². The van der Waals surface area contributed by atoms with Crippen molar-refractivity contribution in [3.63, 3.8) is 0 Å². The third kappa shape index (κ3) is 47.3. The number of nitrogens with one attached hydrogen (secondary N) is 8. The van der Waals surface area contributed by atoms with E-state index in [1.807, 2.05) is 39.5 Å². The Hall–Kier alpha value is -1.37. The molecule has 0 heterocycles. The van der Waals surface area contributed by atoms with Gasteiger partial charge in [-0.1, -0.05) is 13.8 Å². The van der Waals surface area contributed by atoms with Crippen LogP contribution in [0.3, 0.4) is 0 Å². The molecule has 0 aliphatic heterocycles. The molecule has 19 nitrogen and oxygen atoms in total. The van der Waals surface area contributed by atoms with E-state index < -0.39 is 5.97 Å². The number of aliphatic carboxylic acids is 1. The fourth-order valence-electron chi connectivity index (χ4n) is 5.22. The van der Waals surface area contributed by atoms with Crippen LogP contribution in [0.25, 0.3) is 0 Å². The minimum Gasteiger partial charge on any atom is -0.481 e. The number of amides is 1. The molecular weight excluding hydrogens is 764 g/mol. The van der Waals surface area contributed by atoms with Crippen LogP contribution >= 0.6 is 11.8 Å². The van der Waals surface area contributed by atoms with Gasteiger partial charge in [-0.2, -0.15) is 0 Å². The molecule has 0 unspecified atom stereocenters. The van der Waals surface area contributed by atoms with E-state index in [4.69, 9.17) is 34.1 Å². The van der Waals surface area contributed by atoms with E-state index in [1.54, 1.807) is 6.92 Å². The van der Waals surface area contributed by atoms with Crippen LogP contribution in [0.4, 0.5) is 0 Å². The monoisotopic (exact) mass is 857 g/mol. The summed E-state index contributed by atoms with van der Waals surface area (Å²) < 4.78 is 1.87. The Labute approximate surface area is 359 Å². The molecule has 0 aliphatic rings. The van der Waals surface area contributed by atoms with Crippen molar-refractivity contribution in [1.82, 2.24) is 66.6 Å². The van der Waals surface area contributed by atoms with E-state index in [1.165, 1.54) is 0 Å². The third-order valence-corrected chi connectivity index (χ3v) is 9.25. The highest BCUT2D eigenvalue weighted by atomic mass is 35.5. The number of carboxylic acids is 1. The third-order valence-electron chi connectivity index (χ3n) is 8.91. The Balaban J connectivity index is -0.000000945. The minimum atomic E-state index is -0.745. The van der Waals surface area contributed by atoms with Crippen molar-refractivity contribution in [2.75, 3.05) is 211 Å². The number of nitrogens with two attached hydrogens (primary N) is 3. The van der Waals surface area contributed by atoms with Crippen LogP contribution < -0.4 is 59.7 Å². The lowest BCUT2D eigenvalue weighted by Gasteiger charge is -2.27. The van der Waals surface area contributed by atoms with Crippen molar-refractivity contribution in [1.29, 1.82) is 0 Å². The molecule has 0 aromatic heterocycles. The average Bonchev–Trinajstić information content (AvgIpc) is 3.23. The molecule has 58 heavy (non-hydrogen) atoms. The van der Waals surface area contributed by atoms with Crippen LogP contribution in [0.5, 0.6) is 0 Å². The number of likely N-dealkylation sites (N-methyl/N-ethyl adjacent to an activating group) is 4. The number of hydrogen-bond acceptors (Lipinski definition) is 17. The predicted octanol–water partition coefficient (Wildman–Crippen LogP) is -3.83. The summed E-state index contributed by atoms with van der Waals surface area (Å²) in [6.07, 6.45) is 0.748. The summed E-state index contributed by atoms with van der Waals surface area (Å²) >= 11 is 6.47. The highest BCUT2D eigenvalue weighted by Gasteiger charge is 2.11. The lowest BCUT2D eigenvalue weighted by atomic mass is 10.4. The molecule has 0 aliphatic carbocycles. The van der Waals surface area contributed by atoms with Crippen molar-refractivity contribution in [2.45, 2.75) is 26.7 Å². The zero-order chi connectivity index (χ0) is 43.9. The molecule has 0 aromatic carbocycles. The van der Waals surface area contributed by atoms with Crippen molar-refractivity contribution in [2.24, 2.45) is 17.2 Å². The molecular formula is C38H93ClN16O3. The van der Waals surface area contributed by atoms with Gasteiger partial charge in [0.25, 0.3) is 0 Å². The van der Waals surface area contributed by atoms with E-state index >= 15 is 0 Å². The summed E-state index contributed by atoms with van der Waals surface area (Å²) in [5.41, 5.74) is 16.7. The van der Waals surface area contributed by atoms with Gasteiger partial charge in [-0.3, -0.25) is 29.2 Å². The molecule has 1 amide bonds. The summed E-state index contributed by atoms with van der Waals surface area (Å²) in [7, 11) is 7.91. The zero-order valence-electron chi connectivity index (χ0n) is 37.8. The summed E-state index contributed by atoms with van der Waals surface area (Å²) in [5.74, 6) is -0.648. The summed E-state index contributed by atoms with van der Waals surface area (Å²) in [5, 5.41) is 33.7. The van der Waals surface area contributed by atoms with Crippen LogP contribution in [0, 0.1) is 0 Å². The topological polar surface area (TPSA) is 245 Å². The lowest BCUT2D eigenvalue weighted by Crippen LogP contribution is -2.43. The molecule has 0 spiro atoms. The van der Waals surface area contributed by atoms with Gasteiger partial charge >= 0.3 is 5.97 Å². The first-order chi connectivity index (χ1) is 28.1. The summed E-state index contributed by atoms with van der Waals surface area (Å²) in [6, 6.07) is 0. The Morgan fingerprint density at radius 2 is 0.759 bits per heavy atom. The number of carbonyl (C=O) groups is 2. The highest BCUT2D eigenvalue weighted by Crippen LogP contribution is 1.98. The maximum atomic E-state index is 11.4. The first kappa shape index (κ1) is 60.9. The lowest BCUT2D eigenvalue weighted by molar-refractivity contribution is -0.136. The SMILES string of the molecule is CCC(=O)NCCN(CCNC)CCN(Cl)CCN(CCNC)CCNCCN.CCC(=O)O.CNCCN(CCN)CCNCCN(CCNC)CCNCCN. The highest BCUT2D eigenvalue weighted by molar-refractivity contribution is 6.13. The molecule has 0 aromatic rings. The van der Waals surface area contributed by atoms with E-state index in [0.717, 1.165) is 164 Å². The fraction of sp³-hybridized carbons (Fsp3) is 0.947. The number of rotatable bonds is 41. The van der Waals surface area contributed by atoms with Crippen molar-refractivity contribution < 1.29 is 14.7 Å². The molecule has 0 saturated carbocycles. The van der Waals surface area contributed by atoms with E-state index in [-0.39, 0.29) is 12.3 Å². The summed E-state index contributed by atoms with van der Waals surface area (Å²) in [4.78, 5) is 30.4. The Morgan fingerprint density at radius 3 is 1.07 bits per heavy atom. The molecule has 0 fully saturated rings. The van der Waals surface area contributed by atoms with E-state index in [2.05, 4.69) is 62.1 Å². The maximum Gasteiger partial charge on any atom is 0.303 e. The molecule has 350 valence electrons. The van der Waals surface area contributed by atoms with Gasteiger partial charge in [0.05, 0.1) is 0 Å². The van der Waals surface area contributed by atoms with Gasteiger partial charge in [-0.25, -0.2) is 4.42 Å². The second-order valence-corrected chi connectivity index (χ2v) is 14.2. The van der Waals surface area contributed by atoms with Gasteiger partial charge in [0.2, 0.25) is 5.91 Å². The Bertz CT molecular complexity index is 846. The largest absolute Gasteiger partial charge is 0.481 e. The van der Waals surface area contributed by atoms with Gasteiger partial charge in [0.1, 0.15) is 0 Å². The molecule has 0 radical (unpaired) electrons. The second-order valence-electron chi connectivity index (χ2n) is 13.8. The second kappa shape index (κ2) is 50.0. The maximum absolute atomic E-state index is 11.4. The van der Waals surface area contributed by atoms with Crippen LogP contribution in [0.15, 0.2) is 0 Å². The van der Waals surface area contributed by atoms with Gasteiger partial charge in [0, 0.05) is 196 Å². The standard InChI is InChI=1S/C19H45ClN8O.C16H42N8.C3H6O2/c1-4-19(29)25-10-14-27(12-8-23-3)16-18-28(20)17-15-26(11-7-22-2)13-9-24-6-5-21;1-19-6-12-23(11-4-18)14-9-22-10-16-24(13-7-20-2)15-8-21-5-3-17;1-2-3(4)5/h22-24H,4-18,21H2,1-3H3,(H,25,29);19-22H,3-18H2,1-2H3;2H2,1H3,(H,4,5). The Morgan fingerprint density at radius 1 is 0.448 bits per heavy atom. The number of carbonyl (C=O) groups excluding carboxylic acids is 1. The number of carboxylic acid groups (broad SMARTS) is 1. The van der Waals surface area contributed by atoms with Crippen molar-refractivity contribution >= 4 is 23.7 Å². The normalized spacial score (nSPS) is 11.4. The molecule has 15 N–H and O–H groups in total. The van der Waals surface area contributed by atoms with Crippen LogP contribution in [-0.2, 0) is 9.59 Å². The minimum absolute atomic E-state index is 0.0974. The molecule has 0 bridgehead atoms. The first-order valence-electron chi connectivity index (χ1n) is 21.7. The predicted molar refractivity (Wildman–Crippen MR) is 246 cm³/mol.